The van der Waals surface area contributed by atoms with Crippen LogP contribution in [0.4, 0.5) is 0 Å². The second-order valence-electron chi connectivity index (χ2n) is 3.36. The number of hydrogen-bond donors (Lipinski definition) is 0. The summed E-state index contributed by atoms with van der Waals surface area (Å²) in [6, 6.07) is 0. The minimum atomic E-state index is -0.389. The third-order valence-electron chi connectivity index (χ3n) is 1.92. The van der Waals surface area contributed by atoms with Gasteiger partial charge in [-0.05, 0) is 13.8 Å². The molecular weight excluding hydrogens is 156 g/mol. The smallest absolute Gasteiger partial charge is 0.151 e. The highest BCUT2D eigenvalue weighted by molar-refractivity contribution is 5.61. The third-order valence-corrected chi connectivity index (χ3v) is 1.92. The van der Waals surface area contributed by atoms with Gasteiger partial charge in [0.25, 0.3) is 0 Å². The molecule has 0 saturated carbocycles. The fourth-order valence-corrected chi connectivity index (χ4v) is 1.14. The SMILES string of the molecule is C=CCOC(C)(C)[C@@H]1O[C@H]1C=O. The Morgan fingerprint density at radius 3 is 2.75 bits per heavy atom. The molecule has 0 aromatic carbocycles. The van der Waals surface area contributed by atoms with E-state index in [1.54, 1.807) is 6.08 Å². The van der Waals surface area contributed by atoms with Gasteiger partial charge in [0.2, 0.25) is 0 Å². The van der Waals surface area contributed by atoms with Crippen LogP contribution in [0.25, 0.3) is 0 Å². The van der Waals surface area contributed by atoms with Gasteiger partial charge >= 0.3 is 0 Å². The van der Waals surface area contributed by atoms with Crippen molar-refractivity contribution in [3.8, 4) is 0 Å². The van der Waals surface area contributed by atoms with E-state index in [0.717, 1.165) is 6.29 Å². The van der Waals surface area contributed by atoms with Crippen LogP contribution in [-0.2, 0) is 14.3 Å². The molecule has 0 unspecified atom stereocenters. The molecule has 0 aromatic heterocycles. The van der Waals surface area contributed by atoms with E-state index in [2.05, 4.69) is 6.58 Å². The van der Waals surface area contributed by atoms with E-state index in [0.29, 0.717) is 6.61 Å². The van der Waals surface area contributed by atoms with Gasteiger partial charge in [-0.2, -0.15) is 0 Å². The van der Waals surface area contributed by atoms with Gasteiger partial charge in [0.1, 0.15) is 12.2 Å². The summed E-state index contributed by atoms with van der Waals surface area (Å²) >= 11 is 0. The van der Waals surface area contributed by atoms with Gasteiger partial charge in [-0.1, -0.05) is 6.08 Å². The predicted molar refractivity (Wildman–Crippen MR) is 45.0 cm³/mol. The van der Waals surface area contributed by atoms with E-state index in [1.807, 2.05) is 13.8 Å². The van der Waals surface area contributed by atoms with E-state index in [9.17, 15) is 4.79 Å². The molecule has 68 valence electrons. The van der Waals surface area contributed by atoms with Gasteiger partial charge in [0.15, 0.2) is 6.29 Å². The van der Waals surface area contributed by atoms with E-state index >= 15 is 0 Å². The summed E-state index contributed by atoms with van der Waals surface area (Å²) in [7, 11) is 0. The minimum Gasteiger partial charge on any atom is -0.369 e. The van der Waals surface area contributed by atoms with Crippen molar-refractivity contribution in [2.45, 2.75) is 31.7 Å². The average molecular weight is 170 g/mol. The number of ether oxygens (including phenoxy) is 2. The molecular formula is C9H14O3. The van der Waals surface area contributed by atoms with Crippen molar-refractivity contribution in [1.82, 2.24) is 0 Å². The van der Waals surface area contributed by atoms with Crippen LogP contribution in [0.5, 0.6) is 0 Å². The van der Waals surface area contributed by atoms with Crippen LogP contribution in [-0.4, -0.2) is 30.7 Å². The van der Waals surface area contributed by atoms with Crippen LogP contribution in [0, 0.1) is 0 Å². The summed E-state index contributed by atoms with van der Waals surface area (Å²) in [5, 5.41) is 0. The number of carbonyl (C=O) groups excluding carboxylic acids is 1. The minimum absolute atomic E-state index is 0.0880. The summed E-state index contributed by atoms with van der Waals surface area (Å²) in [6.45, 7) is 7.85. The van der Waals surface area contributed by atoms with Gasteiger partial charge in [-0.3, -0.25) is 0 Å². The second-order valence-corrected chi connectivity index (χ2v) is 3.36. The number of carbonyl (C=O) groups is 1. The molecule has 1 aliphatic heterocycles. The van der Waals surface area contributed by atoms with Crippen molar-refractivity contribution in [1.29, 1.82) is 0 Å². The molecule has 0 aromatic rings. The van der Waals surface area contributed by atoms with Crippen molar-refractivity contribution >= 4 is 6.29 Å². The zero-order chi connectivity index (χ0) is 9.19. The summed E-state index contributed by atoms with van der Waals surface area (Å²) in [4.78, 5) is 10.3. The fourth-order valence-electron chi connectivity index (χ4n) is 1.14. The van der Waals surface area contributed by atoms with Crippen molar-refractivity contribution in [2.75, 3.05) is 6.61 Å². The summed E-state index contributed by atoms with van der Waals surface area (Å²) in [5.41, 5.74) is -0.389. The lowest BCUT2D eigenvalue weighted by Gasteiger charge is -2.21. The molecule has 1 rings (SSSR count). The van der Waals surface area contributed by atoms with Crippen LogP contribution in [0.1, 0.15) is 13.8 Å². The number of epoxide rings is 1. The lowest BCUT2D eigenvalue weighted by atomic mass is 10.0. The van der Waals surface area contributed by atoms with Gasteiger partial charge in [0.05, 0.1) is 12.2 Å². The first kappa shape index (κ1) is 9.42. The van der Waals surface area contributed by atoms with E-state index in [1.165, 1.54) is 0 Å². The highest BCUT2D eigenvalue weighted by Crippen LogP contribution is 2.33. The molecule has 0 amide bonds. The van der Waals surface area contributed by atoms with Crippen LogP contribution in [0.3, 0.4) is 0 Å². The van der Waals surface area contributed by atoms with Gasteiger partial charge in [0, 0.05) is 0 Å². The second kappa shape index (κ2) is 3.37. The molecule has 2 atom stereocenters. The number of rotatable bonds is 5. The molecule has 3 heteroatoms. The topological polar surface area (TPSA) is 38.8 Å². The maximum absolute atomic E-state index is 10.3. The van der Waals surface area contributed by atoms with Crippen LogP contribution in [0.15, 0.2) is 12.7 Å². The lowest BCUT2D eigenvalue weighted by molar-refractivity contribution is -0.108. The molecule has 1 heterocycles. The standard InChI is InChI=1S/C9H14O3/c1-4-5-11-9(2,3)8-7(6-10)12-8/h4,6-8H,1,5H2,2-3H3/t7-,8+/m0/s1. The largest absolute Gasteiger partial charge is 0.369 e. The molecule has 0 aliphatic carbocycles. The third kappa shape index (κ3) is 1.93. The molecule has 0 spiro atoms. The molecule has 3 nitrogen and oxygen atoms in total. The zero-order valence-corrected chi connectivity index (χ0v) is 7.45. The zero-order valence-electron chi connectivity index (χ0n) is 7.45. The number of hydrogen-bond acceptors (Lipinski definition) is 3. The maximum atomic E-state index is 10.3. The first-order valence-corrected chi connectivity index (χ1v) is 3.97. The summed E-state index contributed by atoms with van der Waals surface area (Å²) in [5.74, 6) is 0. The molecule has 1 aliphatic rings. The Morgan fingerprint density at radius 1 is 1.67 bits per heavy atom. The van der Waals surface area contributed by atoms with Gasteiger partial charge < -0.3 is 14.3 Å². The summed E-state index contributed by atoms with van der Waals surface area (Å²) in [6.07, 6.45) is 2.13. The Hall–Kier alpha value is -0.670. The Bertz CT molecular complexity index is 186. The maximum Gasteiger partial charge on any atom is 0.151 e. The van der Waals surface area contributed by atoms with Gasteiger partial charge in [-0.25, -0.2) is 0 Å². The normalized spacial score (nSPS) is 28.2. The first-order chi connectivity index (χ1) is 5.61. The molecule has 0 N–H and O–H groups in total. The first-order valence-electron chi connectivity index (χ1n) is 3.97. The quantitative estimate of drug-likeness (QED) is 0.350. The molecule has 1 saturated heterocycles. The van der Waals surface area contributed by atoms with Crippen LogP contribution >= 0.6 is 0 Å². The predicted octanol–water partition coefficient (Wildman–Crippen LogP) is 0.934. The van der Waals surface area contributed by atoms with E-state index in [-0.39, 0.29) is 17.8 Å². The molecule has 12 heavy (non-hydrogen) atoms. The molecule has 1 fully saturated rings. The Kier molecular flexibility index (Phi) is 2.65. The van der Waals surface area contributed by atoms with Crippen LogP contribution in [0.2, 0.25) is 0 Å². The molecule has 0 bridgehead atoms. The summed E-state index contributed by atoms with van der Waals surface area (Å²) < 4.78 is 10.5. The van der Waals surface area contributed by atoms with Crippen molar-refractivity contribution < 1.29 is 14.3 Å². The van der Waals surface area contributed by atoms with Crippen molar-refractivity contribution in [3.05, 3.63) is 12.7 Å². The fraction of sp³-hybridized carbons (Fsp3) is 0.667. The number of aldehydes is 1. The van der Waals surface area contributed by atoms with E-state index < -0.39 is 0 Å². The van der Waals surface area contributed by atoms with Gasteiger partial charge in [-0.15, -0.1) is 6.58 Å². The van der Waals surface area contributed by atoms with Crippen LogP contribution < -0.4 is 0 Å². The van der Waals surface area contributed by atoms with Crippen molar-refractivity contribution in [3.63, 3.8) is 0 Å². The Balaban J connectivity index is 2.38. The average Bonchev–Trinajstić information content (AvgIpc) is 2.80. The van der Waals surface area contributed by atoms with Crippen molar-refractivity contribution in [2.24, 2.45) is 0 Å². The van der Waals surface area contributed by atoms with E-state index in [4.69, 9.17) is 9.47 Å². The Morgan fingerprint density at radius 2 is 2.33 bits per heavy atom. The highest BCUT2D eigenvalue weighted by Gasteiger charge is 2.50. The molecule has 0 radical (unpaired) electrons. The Labute approximate surface area is 72.4 Å². The monoisotopic (exact) mass is 170 g/mol. The highest BCUT2D eigenvalue weighted by atomic mass is 16.6. The lowest BCUT2D eigenvalue weighted by Crippen LogP contribution is -2.33.